The van der Waals surface area contributed by atoms with Gasteiger partial charge < -0.3 is 34.1 Å². The lowest BCUT2D eigenvalue weighted by Gasteiger charge is -2.32. The Bertz CT molecular complexity index is 2290. The van der Waals surface area contributed by atoms with E-state index in [1.165, 1.54) is 7.11 Å². The standard InChI is InChI=1S/C43H44N6O6/c1-27-10-12-29(13-11-27)41(51)36-20-30(25-47(36)2)28-14-16-31(17-15-28)46-42(52)37-21-32(26-48(37)3)45-40(50)9-7-19-55-39-23-35-34(22-38(39)54-4)43(53)49-18-6-5-8-33(49)24-44-35/h10-17,20-26,33H,5-9,18-19H2,1-4H3,(H,45,50)(H,46,52)/t33-/m0/s1. The molecule has 0 bridgehead atoms. The number of anilines is 2. The number of hydrogen-bond donors (Lipinski definition) is 2. The molecule has 12 nitrogen and oxygen atoms in total. The van der Waals surface area contributed by atoms with Gasteiger partial charge in [-0.2, -0.15) is 0 Å². The lowest BCUT2D eigenvalue weighted by molar-refractivity contribution is -0.116. The van der Waals surface area contributed by atoms with Crippen molar-refractivity contribution >= 4 is 46.8 Å². The maximum absolute atomic E-state index is 13.3. The van der Waals surface area contributed by atoms with E-state index in [9.17, 15) is 19.2 Å². The van der Waals surface area contributed by atoms with Gasteiger partial charge in [0, 0.05) is 68.5 Å². The normalized spacial score (nSPS) is 14.8. The maximum Gasteiger partial charge on any atom is 0.272 e. The van der Waals surface area contributed by atoms with Crippen LogP contribution in [0, 0.1) is 6.92 Å². The first-order chi connectivity index (χ1) is 26.6. The third kappa shape index (κ3) is 8.08. The van der Waals surface area contributed by atoms with Crippen molar-refractivity contribution in [3.63, 3.8) is 0 Å². The molecule has 7 rings (SSSR count). The van der Waals surface area contributed by atoms with Gasteiger partial charge in [0.15, 0.2) is 11.5 Å². The highest BCUT2D eigenvalue weighted by Crippen LogP contribution is 2.38. The minimum atomic E-state index is -0.327. The fourth-order valence-electron chi connectivity index (χ4n) is 7.02. The van der Waals surface area contributed by atoms with Crippen LogP contribution in [0.5, 0.6) is 11.5 Å². The van der Waals surface area contributed by atoms with Crippen molar-refractivity contribution in [3.8, 4) is 22.6 Å². The number of ketones is 1. The predicted octanol–water partition coefficient (Wildman–Crippen LogP) is 7.34. The highest BCUT2D eigenvalue weighted by molar-refractivity contribution is 6.09. The SMILES string of the molecule is COc1cc2c(cc1OCCCC(=O)Nc1cc(C(=O)Nc3ccc(-c4cc(C(=O)c5ccc(C)cc5)n(C)c4)cc3)n(C)c1)N=C[C@@H]1CCCCN1C2=O. The Kier molecular flexibility index (Phi) is 10.7. The lowest BCUT2D eigenvalue weighted by Crippen LogP contribution is -2.43. The second-order valence-corrected chi connectivity index (χ2v) is 14.0. The van der Waals surface area contributed by atoms with Crippen LogP contribution in [0.1, 0.15) is 74.6 Å². The van der Waals surface area contributed by atoms with Crippen LogP contribution in [0.2, 0.25) is 0 Å². The first kappa shape index (κ1) is 36.9. The Morgan fingerprint density at radius 2 is 1.60 bits per heavy atom. The van der Waals surface area contributed by atoms with Crippen molar-refractivity contribution in [2.45, 2.75) is 45.1 Å². The van der Waals surface area contributed by atoms with E-state index in [0.717, 1.165) is 36.0 Å². The number of aromatic nitrogens is 2. The predicted molar refractivity (Wildman–Crippen MR) is 212 cm³/mol. The molecule has 0 spiro atoms. The largest absolute Gasteiger partial charge is 0.493 e. The molecule has 4 heterocycles. The summed E-state index contributed by atoms with van der Waals surface area (Å²) >= 11 is 0. The Hall–Kier alpha value is -6.43. The fraction of sp³-hybridized carbons (Fsp3) is 0.279. The number of amides is 3. The Morgan fingerprint density at radius 1 is 0.836 bits per heavy atom. The topological polar surface area (TPSA) is 136 Å². The van der Waals surface area contributed by atoms with E-state index in [1.54, 1.807) is 36.0 Å². The second-order valence-electron chi connectivity index (χ2n) is 14.0. The van der Waals surface area contributed by atoms with E-state index in [4.69, 9.17) is 9.47 Å². The van der Waals surface area contributed by atoms with Crippen LogP contribution in [-0.2, 0) is 18.9 Å². The van der Waals surface area contributed by atoms with E-state index in [-0.39, 0.29) is 42.6 Å². The molecule has 0 aliphatic carbocycles. The molecule has 2 aliphatic heterocycles. The molecule has 2 N–H and O–H groups in total. The first-order valence-electron chi connectivity index (χ1n) is 18.4. The molecule has 3 amide bonds. The molecule has 2 aromatic heterocycles. The van der Waals surface area contributed by atoms with Crippen LogP contribution < -0.4 is 20.1 Å². The van der Waals surface area contributed by atoms with E-state index in [1.807, 2.05) is 90.4 Å². The number of methoxy groups -OCH3 is 1. The number of nitrogens with one attached hydrogen (secondary N) is 2. The van der Waals surface area contributed by atoms with Crippen LogP contribution in [0.4, 0.5) is 17.1 Å². The van der Waals surface area contributed by atoms with Gasteiger partial charge in [-0.3, -0.25) is 24.2 Å². The summed E-state index contributed by atoms with van der Waals surface area (Å²) in [6, 6.07) is 21.9. The van der Waals surface area contributed by atoms with Crippen LogP contribution in [-0.4, -0.2) is 70.1 Å². The summed E-state index contributed by atoms with van der Waals surface area (Å²) in [4.78, 5) is 58.9. The average molecular weight is 741 g/mol. The van der Waals surface area contributed by atoms with Crippen molar-refractivity contribution in [2.24, 2.45) is 19.1 Å². The summed E-state index contributed by atoms with van der Waals surface area (Å²) in [5.74, 6) is 0.244. The molecule has 1 atom stereocenters. The van der Waals surface area contributed by atoms with Crippen molar-refractivity contribution in [1.82, 2.24) is 14.0 Å². The summed E-state index contributed by atoms with van der Waals surface area (Å²) in [5.41, 5.74) is 6.62. The van der Waals surface area contributed by atoms with Crippen LogP contribution in [0.15, 0.2) is 90.2 Å². The summed E-state index contributed by atoms with van der Waals surface area (Å²) in [5, 5.41) is 5.79. The Balaban J connectivity index is 0.908. The third-order valence-corrected chi connectivity index (χ3v) is 10.1. The maximum atomic E-state index is 13.3. The molecule has 55 heavy (non-hydrogen) atoms. The summed E-state index contributed by atoms with van der Waals surface area (Å²) in [7, 11) is 5.12. The van der Waals surface area contributed by atoms with Crippen molar-refractivity contribution in [1.29, 1.82) is 0 Å². The zero-order valence-corrected chi connectivity index (χ0v) is 31.4. The molecule has 1 saturated heterocycles. The Morgan fingerprint density at radius 3 is 2.36 bits per heavy atom. The van der Waals surface area contributed by atoms with Crippen molar-refractivity contribution in [2.75, 3.05) is 30.9 Å². The minimum Gasteiger partial charge on any atom is -0.493 e. The second kappa shape index (κ2) is 15.9. The molecule has 3 aromatic carbocycles. The molecular weight excluding hydrogens is 697 g/mol. The number of carbonyl (C=O) groups is 4. The highest BCUT2D eigenvalue weighted by atomic mass is 16.5. The summed E-state index contributed by atoms with van der Waals surface area (Å²) in [6.45, 7) is 2.94. The number of rotatable bonds is 12. The van der Waals surface area contributed by atoms with Crippen molar-refractivity contribution < 1.29 is 28.7 Å². The summed E-state index contributed by atoms with van der Waals surface area (Å²) < 4.78 is 15.0. The molecular formula is C43H44N6O6. The number of aryl methyl sites for hydroxylation is 3. The average Bonchev–Trinajstić information content (AvgIpc) is 3.73. The molecule has 2 aliphatic rings. The van der Waals surface area contributed by atoms with Gasteiger partial charge in [0.1, 0.15) is 5.69 Å². The highest BCUT2D eigenvalue weighted by Gasteiger charge is 2.31. The number of ether oxygens (including phenoxy) is 2. The van der Waals surface area contributed by atoms with Gasteiger partial charge in [-0.1, -0.05) is 42.0 Å². The number of nitrogens with zero attached hydrogens (tertiary/aromatic N) is 4. The molecule has 5 aromatic rings. The van der Waals surface area contributed by atoms with Gasteiger partial charge >= 0.3 is 0 Å². The quantitative estimate of drug-likeness (QED) is 0.102. The fourth-order valence-corrected chi connectivity index (χ4v) is 7.02. The smallest absolute Gasteiger partial charge is 0.272 e. The van der Waals surface area contributed by atoms with E-state index < -0.39 is 0 Å². The number of benzene rings is 3. The molecule has 0 saturated carbocycles. The summed E-state index contributed by atoms with van der Waals surface area (Å²) in [6.07, 6.45) is 9.00. The van der Waals surface area contributed by atoms with Gasteiger partial charge in [0.25, 0.3) is 11.8 Å². The number of fused-ring (bicyclic) bond motifs is 2. The monoisotopic (exact) mass is 740 g/mol. The van der Waals surface area contributed by atoms with Crippen LogP contribution in [0.25, 0.3) is 11.1 Å². The molecule has 0 radical (unpaired) electrons. The van der Waals surface area contributed by atoms with Gasteiger partial charge in [0.05, 0.1) is 42.4 Å². The zero-order chi connectivity index (χ0) is 38.6. The zero-order valence-electron chi connectivity index (χ0n) is 31.4. The number of piperidine rings is 1. The lowest BCUT2D eigenvalue weighted by atomic mass is 10.0. The van der Waals surface area contributed by atoms with Gasteiger partial charge in [-0.25, -0.2) is 0 Å². The molecule has 282 valence electrons. The third-order valence-electron chi connectivity index (χ3n) is 10.1. The molecule has 1 fully saturated rings. The van der Waals surface area contributed by atoms with Gasteiger partial charge in [-0.15, -0.1) is 0 Å². The van der Waals surface area contributed by atoms with Crippen molar-refractivity contribution in [3.05, 3.63) is 113 Å². The van der Waals surface area contributed by atoms with Gasteiger partial charge in [-0.05, 0) is 68.5 Å². The van der Waals surface area contributed by atoms with E-state index >= 15 is 0 Å². The Labute approximate surface area is 319 Å². The van der Waals surface area contributed by atoms with Crippen LogP contribution in [0.3, 0.4) is 0 Å². The molecule has 12 heteroatoms. The van der Waals surface area contributed by atoms with Crippen LogP contribution >= 0.6 is 0 Å². The number of carbonyl (C=O) groups excluding carboxylic acids is 4. The van der Waals surface area contributed by atoms with E-state index in [0.29, 0.717) is 64.0 Å². The number of hydrogen-bond acceptors (Lipinski definition) is 7. The number of aliphatic imine (C=N–C) groups is 1. The first-order valence-corrected chi connectivity index (χ1v) is 18.4. The molecule has 0 unspecified atom stereocenters. The van der Waals surface area contributed by atoms with E-state index in [2.05, 4.69) is 15.6 Å². The minimum absolute atomic E-state index is 0.00409. The van der Waals surface area contributed by atoms with Gasteiger partial charge in [0.2, 0.25) is 11.7 Å².